The van der Waals surface area contributed by atoms with Gasteiger partial charge in [-0.2, -0.15) is 5.26 Å². The van der Waals surface area contributed by atoms with Gasteiger partial charge in [-0.3, -0.25) is 0 Å². The van der Waals surface area contributed by atoms with Crippen molar-refractivity contribution in [3.63, 3.8) is 0 Å². The summed E-state index contributed by atoms with van der Waals surface area (Å²) < 4.78 is 1.98. The van der Waals surface area contributed by atoms with Crippen molar-refractivity contribution in [2.24, 2.45) is 0 Å². The maximum atomic E-state index is 10.5. The van der Waals surface area contributed by atoms with E-state index in [0.29, 0.717) is 12.0 Å². The Bertz CT molecular complexity index is 537. The lowest BCUT2D eigenvalue weighted by Gasteiger charge is -2.17. The van der Waals surface area contributed by atoms with Crippen LogP contribution in [0, 0.1) is 11.3 Å². The van der Waals surface area contributed by atoms with Crippen molar-refractivity contribution in [2.75, 3.05) is 0 Å². The zero-order valence-electron chi connectivity index (χ0n) is 9.86. The predicted molar refractivity (Wildman–Crippen MR) is 66.8 cm³/mol. The topological polar surface area (TPSA) is 58.7 Å². The molecule has 1 unspecified atom stereocenters. The number of hydrogen-bond donors (Lipinski definition) is 0. The molecule has 0 saturated heterocycles. The van der Waals surface area contributed by atoms with Crippen LogP contribution in [-0.2, 0) is 4.79 Å². The first-order valence-electron chi connectivity index (χ1n) is 5.76. The van der Waals surface area contributed by atoms with Crippen LogP contribution in [0.4, 0.5) is 0 Å². The molecule has 0 aliphatic heterocycles. The van der Waals surface area contributed by atoms with Gasteiger partial charge in [0, 0.05) is 18.8 Å². The molecule has 0 spiro atoms. The van der Waals surface area contributed by atoms with Crippen LogP contribution in [0.2, 0.25) is 0 Å². The van der Waals surface area contributed by atoms with Crippen LogP contribution in [0.15, 0.2) is 43.0 Å². The fraction of sp³-hybridized carbons (Fsp3) is 0.214. The van der Waals surface area contributed by atoms with Gasteiger partial charge in [-0.15, -0.1) is 0 Å². The molecule has 0 aliphatic carbocycles. The van der Waals surface area contributed by atoms with E-state index in [9.17, 15) is 4.79 Å². The molecule has 0 bridgehead atoms. The van der Waals surface area contributed by atoms with Crippen molar-refractivity contribution in [2.45, 2.75) is 18.9 Å². The van der Waals surface area contributed by atoms with Crippen molar-refractivity contribution >= 4 is 6.29 Å². The van der Waals surface area contributed by atoms with E-state index in [1.54, 1.807) is 24.7 Å². The summed E-state index contributed by atoms with van der Waals surface area (Å²) in [5.74, 6) is 0. The normalized spacial score (nSPS) is 11.7. The number of rotatable bonds is 5. The molecule has 0 amide bonds. The molecule has 0 radical (unpaired) electrons. The number of imidazole rings is 1. The summed E-state index contributed by atoms with van der Waals surface area (Å²) in [6.45, 7) is 0. The van der Waals surface area contributed by atoms with Gasteiger partial charge >= 0.3 is 0 Å². The number of carbonyl (C=O) groups excluding carboxylic acids is 1. The van der Waals surface area contributed by atoms with Gasteiger partial charge in [-0.1, -0.05) is 12.1 Å². The highest BCUT2D eigenvalue weighted by Crippen LogP contribution is 2.23. The van der Waals surface area contributed by atoms with Crippen LogP contribution in [0.25, 0.3) is 0 Å². The van der Waals surface area contributed by atoms with E-state index in [-0.39, 0.29) is 6.04 Å². The molecule has 1 heterocycles. The Labute approximate surface area is 106 Å². The highest BCUT2D eigenvalue weighted by molar-refractivity contribution is 5.49. The second-order valence-corrected chi connectivity index (χ2v) is 4.00. The third-order valence-corrected chi connectivity index (χ3v) is 2.87. The van der Waals surface area contributed by atoms with Gasteiger partial charge in [-0.05, 0) is 24.1 Å². The van der Waals surface area contributed by atoms with Gasteiger partial charge in [0.25, 0.3) is 0 Å². The van der Waals surface area contributed by atoms with Gasteiger partial charge in [-0.25, -0.2) is 4.98 Å². The van der Waals surface area contributed by atoms with E-state index in [1.807, 2.05) is 22.9 Å². The lowest BCUT2D eigenvalue weighted by Crippen LogP contribution is -2.09. The van der Waals surface area contributed by atoms with Crippen LogP contribution in [0.3, 0.4) is 0 Å². The Balaban J connectivity index is 2.27. The molecule has 0 fully saturated rings. The molecule has 1 aromatic heterocycles. The maximum absolute atomic E-state index is 10.5. The summed E-state index contributed by atoms with van der Waals surface area (Å²) in [5, 5.41) is 8.78. The minimum atomic E-state index is 0.0884. The van der Waals surface area contributed by atoms with E-state index in [1.165, 1.54) is 0 Å². The van der Waals surface area contributed by atoms with Crippen LogP contribution in [-0.4, -0.2) is 15.8 Å². The summed E-state index contributed by atoms with van der Waals surface area (Å²) in [5.41, 5.74) is 1.72. The SMILES string of the molecule is N#Cc1ccc(C(CCC=O)n2ccnc2)cc1. The Morgan fingerprint density at radius 3 is 2.72 bits per heavy atom. The number of nitriles is 1. The molecule has 18 heavy (non-hydrogen) atoms. The first kappa shape index (κ1) is 12.1. The average Bonchev–Trinajstić information content (AvgIpc) is 2.94. The summed E-state index contributed by atoms with van der Waals surface area (Å²) in [7, 11) is 0. The smallest absolute Gasteiger partial charge is 0.120 e. The first-order chi connectivity index (χ1) is 8.85. The number of benzene rings is 1. The molecule has 1 aromatic carbocycles. The zero-order chi connectivity index (χ0) is 12.8. The molecule has 0 aliphatic rings. The molecule has 2 aromatic rings. The summed E-state index contributed by atoms with van der Waals surface area (Å²) >= 11 is 0. The van der Waals surface area contributed by atoms with Crippen molar-refractivity contribution in [1.29, 1.82) is 5.26 Å². The fourth-order valence-electron chi connectivity index (χ4n) is 1.95. The lowest BCUT2D eigenvalue weighted by atomic mass is 10.0. The Kier molecular flexibility index (Phi) is 3.87. The number of hydrogen-bond acceptors (Lipinski definition) is 3. The van der Waals surface area contributed by atoms with Crippen molar-refractivity contribution in [3.8, 4) is 6.07 Å². The summed E-state index contributed by atoms with van der Waals surface area (Å²) in [6, 6.07) is 9.62. The quantitative estimate of drug-likeness (QED) is 0.752. The Morgan fingerprint density at radius 1 is 1.39 bits per heavy atom. The minimum Gasteiger partial charge on any atom is -0.330 e. The van der Waals surface area contributed by atoms with E-state index >= 15 is 0 Å². The first-order valence-corrected chi connectivity index (χ1v) is 5.76. The number of aldehydes is 1. The molecule has 4 nitrogen and oxygen atoms in total. The van der Waals surface area contributed by atoms with Crippen LogP contribution in [0.1, 0.15) is 30.0 Å². The molecule has 90 valence electrons. The molecule has 0 N–H and O–H groups in total. The van der Waals surface area contributed by atoms with Gasteiger partial charge < -0.3 is 9.36 Å². The maximum Gasteiger partial charge on any atom is 0.120 e. The molecule has 2 rings (SSSR count). The van der Waals surface area contributed by atoms with Gasteiger partial charge in [0.15, 0.2) is 0 Å². The largest absolute Gasteiger partial charge is 0.330 e. The van der Waals surface area contributed by atoms with Crippen molar-refractivity contribution in [1.82, 2.24) is 9.55 Å². The van der Waals surface area contributed by atoms with E-state index in [4.69, 9.17) is 5.26 Å². The van der Waals surface area contributed by atoms with Gasteiger partial charge in [0.05, 0.1) is 24.0 Å². The summed E-state index contributed by atoms with van der Waals surface area (Å²) in [6.07, 6.45) is 7.50. The molecule has 0 saturated carbocycles. The molecular formula is C14H13N3O. The standard InChI is InChI=1S/C14H13N3O/c15-10-12-3-5-13(6-4-12)14(2-1-9-18)17-8-7-16-11-17/h3-9,11,14H,1-2H2. The van der Waals surface area contributed by atoms with E-state index in [0.717, 1.165) is 18.3 Å². The predicted octanol–water partition coefficient (Wildman–Crippen LogP) is 2.32. The molecule has 4 heteroatoms. The third-order valence-electron chi connectivity index (χ3n) is 2.87. The minimum absolute atomic E-state index is 0.0884. The highest BCUT2D eigenvalue weighted by atomic mass is 16.1. The van der Waals surface area contributed by atoms with Crippen LogP contribution >= 0.6 is 0 Å². The highest BCUT2D eigenvalue weighted by Gasteiger charge is 2.12. The number of nitrogens with zero attached hydrogens (tertiary/aromatic N) is 3. The van der Waals surface area contributed by atoms with Crippen LogP contribution in [0.5, 0.6) is 0 Å². The fourth-order valence-corrected chi connectivity index (χ4v) is 1.95. The second kappa shape index (κ2) is 5.78. The zero-order valence-corrected chi connectivity index (χ0v) is 9.86. The number of aromatic nitrogens is 2. The van der Waals surface area contributed by atoms with Gasteiger partial charge in [0.1, 0.15) is 6.29 Å². The molecule has 1 atom stereocenters. The van der Waals surface area contributed by atoms with Crippen molar-refractivity contribution in [3.05, 3.63) is 54.1 Å². The third kappa shape index (κ3) is 2.64. The lowest BCUT2D eigenvalue weighted by molar-refractivity contribution is -0.108. The van der Waals surface area contributed by atoms with E-state index in [2.05, 4.69) is 11.1 Å². The average molecular weight is 239 g/mol. The number of carbonyl (C=O) groups is 1. The Hall–Kier alpha value is -2.41. The van der Waals surface area contributed by atoms with Crippen molar-refractivity contribution < 1.29 is 4.79 Å². The van der Waals surface area contributed by atoms with Crippen LogP contribution < -0.4 is 0 Å². The molecular weight excluding hydrogens is 226 g/mol. The summed E-state index contributed by atoms with van der Waals surface area (Å²) in [4.78, 5) is 14.6. The second-order valence-electron chi connectivity index (χ2n) is 4.00. The monoisotopic (exact) mass is 239 g/mol. The Morgan fingerprint density at radius 2 is 2.17 bits per heavy atom. The van der Waals surface area contributed by atoms with E-state index < -0.39 is 0 Å². The van der Waals surface area contributed by atoms with Gasteiger partial charge in [0.2, 0.25) is 0 Å².